The fourth-order valence-corrected chi connectivity index (χ4v) is 1.05. The van der Waals surface area contributed by atoms with Crippen LogP contribution in [0.5, 0.6) is 0 Å². The summed E-state index contributed by atoms with van der Waals surface area (Å²) in [5.74, 6) is -5.03. The molecule has 0 aromatic heterocycles. The highest BCUT2D eigenvalue weighted by Crippen LogP contribution is 2.11. The van der Waals surface area contributed by atoms with Gasteiger partial charge in [0.15, 0.2) is 0 Å². The number of nitrogens with zero attached hydrogens (tertiary/aromatic N) is 2. The van der Waals surface area contributed by atoms with Gasteiger partial charge in [-0.25, -0.2) is 19.2 Å². The van der Waals surface area contributed by atoms with Crippen molar-refractivity contribution in [3.8, 4) is 0 Å². The summed E-state index contributed by atoms with van der Waals surface area (Å²) >= 11 is 0. The van der Waals surface area contributed by atoms with Crippen LogP contribution >= 0.6 is 0 Å². The highest BCUT2D eigenvalue weighted by molar-refractivity contribution is 6.41. The number of carboxylic acid groups (broad SMARTS) is 4. The third-order valence-electron chi connectivity index (χ3n) is 1.91. The first-order chi connectivity index (χ1) is 11.2. The zero-order chi connectivity index (χ0) is 18.5. The molecule has 0 fully saturated rings. The normalized spacial score (nSPS) is 13.3. The molecule has 4 N–H and O–H groups in total. The lowest BCUT2D eigenvalue weighted by Crippen LogP contribution is -1.91. The molecule has 2 aliphatic heterocycles. The van der Waals surface area contributed by atoms with Gasteiger partial charge in [0, 0.05) is 42.3 Å². The van der Waals surface area contributed by atoms with Crippen LogP contribution in [-0.2, 0) is 19.2 Å². The van der Waals surface area contributed by atoms with Gasteiger partial charge in [-0.2, -0.15) is 0 Å². The number of allylic oxidation sites excluding steroid dienone is 2. The molecular weight excluding hydrogens is 324 g/mol. The number of hydrogen-bond donors (Lipinski definition) is 4. The van der Waals surface area contributed by atoms with Gasteiger partial charge in [0.25, 0.3) is 0 Å². The molecule has 0 aromatic rings. The lowest BCUT2D eigenvalue weighted by molar-refractivity contribution is -0.134. The number of rotatable bonds is 4. The summed E-state index contributed by atoms with van der Waals surface area (Å²) in [6, 6.07) is 0. The number of carbonyl (C=O) groups is 4. The van der Waals surface area contributed by atoms with E-state index in [9.17, 15) is 19.2 Å². The third-order valence-corrected chi connectivity index (χ3v) is 1.91. The number of fused-ring (bicyclic) bond motifs is 1. The monoisotopic (exact) mass is 336 g/mol. The van der Waals surface area contributed by atoms with Gasteiger partial charge in [-0.1, -0.05) is 0 Å². The summed E-state index contributed by atoms with van der Waals surface area (Å²) in [6.07, 6.45) is 9.53. The van der Waals surface area contributed by atoms with E-state index in [1.165, 1.54) is 0 Å². The van der Waals surface area contributed by atoms with Crippen LogP contribution in [0.15, 0.2) is 58.3 Å². The van der Waals surface area contributed by atoms with E-state index >= 15 is 0 Å². The zero-order valence-electron chi connectivity index (χ0n) is 11.9. The average molecular weight is 336 g/mol. The van der Waals surface area contributed by atoms with Crippen LogP contribution in [-0.4, -0.2) is 56.2 Å². The van der Waals surface area contributed by atoms with Gasteiger partial charge in [0.2, 0.25) is 0 Å². The van der Waals surface area contributed by atoms with Gasteiger partial charge in [-0.15, -0.1) is 0 Å². The summed E-state index contributed by atoms with van der Waals surface area (Å²) in [7, 11) is 0. The van der Waals surface area contributed by atoms with Crippen molar-refractivity contribution < 1.29 is 39.6 Å². The Bertz CT molecular complexity index is 604. The summed E-state index contributed by atoms with van der Waals surface area (Å²) in [5, 5.41) is 31.2. The van der Waals surface area contributed by atoms with Crippen molar-refractivity contribution in [1.29, 1.82) is 0 Å². The van der Waals surface area contributed by atoms with Crippen molar-refractivity contribution in [2.24, 2.45) is 9.98 Å². The van der Waals surface area contributed by atoms with Gasteiger partial charge in [0.1, 0.15) is 0 Å². The van der Waals surface area contributed by atoms with Crippen LogP contribution in [0.4, 0.5) is 0 Å². The second kappa shape index (κ2) is 10.8. The third kappa shape index (κ3) is 10.9. The number of hydrogen-bond acceptors (Lipinski definition) is 6. The van der Waals surface area contributed by atoms with Crippen LogP contribution in [0.25, 0.3) is 0 Å². The standard InChI is InChI=1S/C6H4N2.2C4H4O4/c1-2-8-6-4-7-3-5(1)6;2*5-3(6)1-2-4(7)8/h1-4H;2*1-2H,(H,5,6)(H,7,8). The highest BCUT2D eigenvalue weighted by Gasteiger charge is 2.08. The maximum absolute atomic E-state index is 9.55. The van der Waals surface area contributed by atoms with Crippen LogP contribution in [0.3, 0.4) is 0 Å². The fraction of sp³-hybridized carbons (Fsp3) is 0. The molecular formula is C14H12N2O8. The summed E-state index contributed by atoms with van der Waals surface area (Å²) < 4.78 is 0. The van der Waals surface area contributed by atoms with E-state index in [1.807, 2.05) is 12.3 Å². The lowest BCUT2D eigenvalue weighted by atomic mass is 10.2. The summed E-state index contributed by atoms with van der Waals surface area (Å²) in [6.45, 7) is 0. The van der Waals surface area contributed by atoms with Crippen molar-refractivity contribution >= 4 is 35.8 Å². The first kappa shape index (κ1) is 20.2. The molecule has 24 heavy (non-hydrogen) atoms. The minimum absolute atomic E-state index is 0.558. The minimum atomic E-state index is -1.26. The molecule has 0 saturated heterocycles. The van der Waals surface area contributed by atoms with E-state index in [2.05, 4.69) is 9.98 Å². The maximum atomic E-state index is 9.55. The molecule has 0 aliphatic carbocycles. The first-order valence-corrected chi connectivity index (χ1v) is 5.98. The van der Waals surface area contributed by atoms with Crippen LogP contribution < -0.4 is 0 Å². The van der Waals surface area contributed by atoms with Gasteiger partial charge in [0.05, 0.1) is 11.9 Å². The molecule has 0 amide bonds. The summed E-state index contributed by atoms with van der Waals surface area (Å²) in [5.41, 5.74) is 2.12. The van der Waals surface area contributed by atoms with E-state index < -0.39 is 23.9 Å². The van der Waals surface area contributed by atoms with Crippen LogP contribution in [0.2, 0.25) is 0 Å². The lowest BCUT2D eigenvalue weighted by Gasteiger charge is -1.80. The molecule has 10 heteroatoms. The smallest absolute Gasteiger partial charge is 0.328 e. The Balaban J connectivity index is 0.000000331. The molecule has 2 heterocycles. The SMILES string of the molecule is C1=CC2=CN=CC2=N1.O=C(O)C=CC(=O)O.O=C(O)C=CC(=O)O. The number of aliphatic carboxylic acids is 4. The van der Waals surface area contributed by atoms with Crippen molar-refractivity contribution in [2.75, 3.05) is 0 Å². The second-order valence-corrected chi connectivity index (χ2v) is 3.71. The molecule has 0 bridgehead atoms. The molecule has 0 atom stereocenters. The zero-order valence-corrected chi connectivity index (χ0v) is 11.9. The second-order valence-electron chi connectivity index (χ2n) is 3.71. The molecule has 0 unspecified atom stereocenters. The van der Waals surface area contributed by atoms with Gasteiger partial charge in [-0.05, 0) is 6.08 Å². The van der Waals surface area contributed by atoms with E-state index in [-0.39, 0.29) is 0 Å². The van der Waals surface area contributed by atoms with Crippen molar-refractivity contribution in [1.82, 2.24) is 0 Å². The van der Waals surface area contributed by atoms with Crippen molar-refractivity contribution in [3.05, 3.63) is 48.4 Å². The van der Waals surface area contributed by atoms with E-state index in [0.29, 0.717) is 24.3 Å². The van der Waals surface area contributed by atoms with E-state index in [0.717, 1.165) is 11.3 Å². The van der Waals surface area contributed by atoms with Gasteiger partial charge in [-0.3, -0.25) is 9.98 Å². The van der Waals surface area contributed by atoms with Crippen molar-refractivity contribution in [2.45, 2.75) is 0 Å². The summed E-state index contributed by atoms with van der Waals surface area (Å²) in [4.78, 5) is 46.1. The molecule has 0 aromatic carbocycles. The minimum Gasteiger partial charge on any atom is -0.478 e. The van der Waals surface area contributed by atoms with E-state index in [1.54, 1.807) is 12.4 Å². The van der Waals surface area contributed by atoms with Crippen molar-refractivity contribution in [3.63, 3.8) is 0 Å². The Morgan fingerprint density at radius 2 is 1.21 bits per heavy atom. The quantitative estimate of drug-likeness (QED) is 0.532. The Morgan fingerprint density at radius 1 is 0.792 bits per heavy atom. The van der Waals surface area contributed by atoms with Gasteiger partial charge >= 0.3 is 23.9 Å². The molecule has 10 nitrogen and oxygen atoms in total. The Morgan fingerprint density at radius 3 is 1.54 bits per heavy atom. The van der Waals surface area contributed by atoms with Gasteiger partial charge < -0.3 is 20.4 Å². The largest absolute Gasteiger partial charge is 0.478 e. The van der Waals surface area contributed by atoms with E-state index in [4.69, 9.17) is 20.4 Å². The fourth-order valence-electron chi connectivity index (χ4n) is 1.05. The van der Waals surface area contributed by atoms with Crippen LogP contribution in [0, 0.1) is 0 Å². The molecule has 126 valence electrons. The predicted molar refractivity (Wildman–Crippen MR) is 82.0 cm³/mol. The Kier molecular flexibility index (Phi) is 9.12. The topological polar surface area (TPSA) is 174 Å². The molecule has 2 rings (SSSR count). The highest BCUT2D eigenvalue weighted by atomic mass is 16.4. The Hall–Kier alpha value is -3.82. The molecule has 0 radical (unpaired) electrons. The Labute approximate surface area is 134 Å². The predicted octanol–water partition coefficient (Wildman–Crippen LogP) is 0.347. The molecule has 0 saturated carbocycles. The average Bonchev–Trinajstić information content (AvgIpc) is 3.08. The number of aliphatic imine (C=N–C) groups is 2. The first-order valence-electron chi connectivity index (χ1n) is 5.98. The molecule has 0 spiro atoms. The number of carboxylic acids is 4. The van der Waals surface area contributed by atoms with Crippen LogP contribution in [0.1, 0.15) is 0 Å². The maximum Gasteiger partial charge on any atom is 0.328 e. The molecule has 2 aliphatic rings.